The Bertz CT molecular complexity index is 772. The minimum absolute atomic E-state index is 0.429. The number of aryl methyl sites for hydroxylation is 1. The zero-order chi connectivity index (χ0) is 17.0. The van der Waals surface area contributed by atoms with Crippen LogP contribution in [0.3, 0.4) is 0 Å². The molecular formula is C17H17Cl2N3S. The second-order valence-electron chi connectivity index (χ2n) is 5.14. The van der Waals surface area contributed by atoms with Crippen molar-refractivity contribution in [3.63, 3.8) is 0 Å². The van der Waals surface area contributed by atoms with E-state index in [0.29, 0.717) is 15.2 Å². The molecule has 23 heavy (non-hydrogen) atoms. The van der Waals surface area contributed by atoms with Crippen LogP contribution in [0.2, 0.25) is 10.0 Å². The molecule has 0 aliphatic rings. The monoisotopic (exact) mass is 365 g/mol. The van der Waals surface area contributed by atoms with Crippen LogP contribution >= 0.6 is 35.4 Å². The van der Waals surface area contributed by atoms with Crippen LogP contribution in [0.25, 0.3) is 0 Å². The maximum absolute atomic E-state index is 6.01. The summed E-state index contributed by atoms with van der Waals surface area (Å²) in [7, 11) is 0. The highest BCUT2D eigenvalue weighted by Gasteiger charge is 2.04. The van der Waals surface area contributed by atoms with Crippen molar-refractivity contribution < 1.29 is 0 Å². The van der Waals surface area contributed by atoms with Crippen LogP contribution in [0.1, 0.15) is 23.6 Å². The van der Waals surface area contributed by atoms with Crippen molar-refractivity contribution in [3.8, 4) is 0 Å². The van der Waals surface area contributed by atoms with E-state index in [9.17, 15) is 0 Å². The smallest absolute Gasteiger partial charge is 0.191 e. The van der Waals surface area contributed by atoms with Gasteiger partial charge in [0.1, 0.15) is 0 Å². The molecular weight excluding hydrogens is 349 g/mol. The molecule has 120 valence electrons. The molecule has 0 heterocycles. The third-order valence-corrected chi connectivity index (χ3v) is 4.45. The Morgan fingerprint density at radius 3 is 2.52 bits per heavy atom. The van der Waals surface area contributed by atoms with Gasteiger partial charge in [-0.15, -0.1) is 0 Å². The summed E-state index contributed by atoms with van der Waals surface area (Å²) >= 11 is 17.2. The molecule has 0 atom stereocenters. The zero-order valence-electron chi connectivity index (χ0n) is 13.1. The number of anilines is 1. The lowest BCUT2D eigenvalue weighted by molar-refractivity contribution is 1.04. The van der Waals surface area contributed by atoms with Gasteiger partial charge in [0.25, 0.3) is 0 Å². The topological polar surface area (TPSA) is 36.4 Å². The fourth-order valence-electron chi connectivity index (χ4n) is 1.96. The number of nitrogens with one attached hydrogen (secondary N) is 2. The van der Waals surface area contributed by atoms with E-state index in [4.69, 9.17) is 35.4 Å². The van der Waals surface area contributed by atoms with Crippen molar-refractivity contribution in [1.82, 2.24) is 5.43 Å². The first-order valence-electron chi connectivity index (χ1n) is 7.01. The maximum atomic E-state index is 6.01. The molecule has 2 rings (SSSR count). The predicted molar refractivity (Wildman–Crippen MR) is 104 cm³/mol. The van der Waals surface area contributed by atoms with Crippen molar-refractivity contribution in [2.24, 2.45) is 5.10 Å². The number of nitrogens with zero attached hydrogens (tertiary/aromatic N) is 1. The van der Waals surface area contributed by atoms with Gasteiger partial charge in [0, 0.05) is 5.69 Å². The number of hydrogen-bond acceptors (Lipinski definition) is 2. The van der Waals surface area contributed by atoms with E-state index in [1.807, 2.05) is 32.0 Å². The molecule has 0 aliphatic heterocycles. The molecule has 2 N–H and O–H groups in total. The molecule has 0 fully saturated rings. The zero-order valence-corrected chi connectivity index (χ0v) is 15.4. The summed E-state index contributed by atoms with van der Waals surface area (Å²) in [4.78, 5) is 0. The van der Waals surface area contributed by atoms with Crippen LogP contribution in [-0.4, -0.2) is 10.8 Å². The Kier molecular flexibility index (Phi) is 5.99. The summed E-state index contributed by atoms with van der Waals surface area (Å²) < 4.78 is 0. The Hall–Kier alpha value is -1.62. The number of rotatable bonds is 3. The van der Waals surface area contributed by atoms with Gasteiger partial charge in [0.05, 0.1) is 15.8 Å². The van der Waals surface area contributed by atoms with Gasteiger partial charge < -0.3 is 5.32 Å². The van der Waals surface area contributed by atoms with Gasteiger partial charge >= 0.3 is 0 Å². The summed E-state index contributed by atoms with van der Waals surface area (Å²) in [5.74, 6) is 0. The highest BCUT2D eigenvalue weighted by Crippen LogP contribution is 2.23. The molecule has 0 saturated carbocycles. The van der Waals surface area contributed by atoms with Crippen molar-refractivity contribution >= 4 is 51.9 Å². The van der Waals surface area contributed by atoms with Gasteiger partial charge in [0.2, 0.25) is 0 Å². The van der Waals surface area contributed by atoms with Crippen LogP contribution in [0.5, 0.6) is 0 Å². The van der Waals surface area contributed by atoms with Crippen molar-refractivity contribution in [3.05, 3.63) is 63.1 Å². The highest BCUT2D eigenvalue weighted by molar-refractivity contribution is 7.80. The Morgan fingerprint density at radius 2 is 1.83 bits per heavy atom. The number of halogens is 2. The first-order chi connectivity index (χ1) is 10.9. The second-order valence-corrected chi connectivity index (χ2v) is 6.36. The molecule has 0 aromatic heterocycles. The van der Waals surface area contributed by atoms with E-state index in [1.54, 1.807) is 12.1 Å². The number of hydrazone groups is 1. The lowest BCUT2D eigenvalue weighted by Gasteiger charge is -2.12. The van der Waals surface area contributed by atoms with Gasteiger partial charge in [-0.25, -0.2) is 0 Å². The minimum Gasteiger partial charge on any atom is -0.331 e. The van der Waals surface area contributed by atoms with E-state index in [1.165, 1.54) is 5.56 Å². The number of benzene rings is 2. The standard InChI is InChI=1S/C17H17Cl2N3S/c1-10-5-4-6-16(11(10)2)20-17(23)22-21-12(3)13-7-8-14(18)15(19)9-13/h4-9H,1-3H3,(H2,20,22,23). The molecule has 0 unspecified atom stereocenters. The van der Waals surface area contributed by atoms with E-state index in [2.05, 4.69) is 28.8 Å². The van der Waals surface area contributed by atoms with E-state index >= 15 is 0 Å². The normalized spacial score (nSPS) is 11.3. The van der Waals surface area contributed by atoms with Gasteiger partial charge in [0.15, 0.2) is 5.11 Å². The SMILES string of the molecule is CC(=NNC(=S)Nc1cccc(C)c1C)c1ccc(Cl)c(Cl)c1. The summed E-state index contributed by atoms with van der Waals surface area (Å²) in [6.45, 7) is 5.97. The Labute approximate surface area is 151 Å². The van der Waals surface area contributed by atoms with Crippen molar-refractivity contribution in [1.29, 1.82) is 0 Å². The fourth-order valence-corrected chi connectivity index (χ4v) is 2.41. The average molecular weight is 366 g/mol. The Balaban J connectivity index is 2.05. The van der Waals surface area contributed by atoms with Gasteiger partial charge in [-0.05, 0) is 67.9 Å². The lowest BCUT2D eigenvalue weighted by atomic mass is 10.1. The molecule has 2 aromatic carbocycles. The van der Waals surface area contributed by atoms with Crippen molar-refractivity contribution in [2.45, 2.75) is 20.8 Å². The second kappa shape index (κ2) is 7.77. The molecule has 6 heteroatoms. The maximum Gasteiger partial charge on any atom is 0.191 e. The largest absolute Gasteiger partial charge is 0.331 e. The van der Waals surface area contributed by atoms with E-state index < -0.39 is 0 Å². The van der Waals surface area contributed by atoms with Gasteiger partial charge in [-0.1, -0.05) is 41.4 Å². The molecule has 3 nitrogen and oxygen atoms in total. The highest BCUT2D eigenvalue weighted by atomic mass is 35.5. The van der Waals surface area contributed by atoms with Crippen LogP contribution in [0.4, 0.5) is 5.69 Å². The third kappa shape index (κ3) is 4.67. The van der Waals surface area contributed by atoms with Crippen LogP contribution < -0.4 is 10.7 Å². The Morgan fingerprint density at radius 1 is 1.09 bits per heavy atom. The van der Waals surface area contributed by atoms with Crippen molar-refractivity contribution in [2.75, 3.05) is 5.32 Å². The molecule has 0 amide bonds. The minimum atomic E-state index is 0.429. The molecule has 0 bridgehead atoms. The fraction of sp³-hybridized carbons (Fsp3) is 0.176. The molecule has 0 saturated heterocycles. The predicted octanol–water partition coefficient (Wildman–Crippen LogP) is 5.32. The molecule has 0 spiro atoms. The molecule has 0 aliphatic carbocycles. The molecule has 2 aromatic rings. The third-order valence-electron chi connectivity index (χ3n) is 3.52. The van der Waals surface area contributed by atoms with Crippen LogP contribution in [-0.2, 0) is 0 Å². The summed E-state index contributed by atoms with van der Waals surface area (Å²) in [5.41, 5.74) is 7.80. The quantitative estimate of drug-likeness (QED) is 0.438. The van der Waals surface area contributed by atoms with Crippen LogP contribution in [0.15, 0.2) is 41.5 Å². The average Bonchev–Trinajstić information content (AvgIpc) is 2.52. The number of hydrogen-bond donors (Lipinski definition) is 2. The first kappa shape index (κ1) is 17.7. The van der Waals surface area contributed by atoms with E-state index in [0.717, 1.165) is 22.5 Å². The summed E-state index contributed by atoms with van der Waals surface area (Å²) in [6.07, 6.45) is 0. The number of thiocarbonyl (C=S) groups is 1. The van der Waals surface area contributed by atoms with Gasteiger partial charge in [-0.3, -0.25) is 5.43 Å². The first-order valence-corrected chi connectivity index (χ1v) is 8.18. The van der Waals surface area contributed by atoms with E-state index in [-0.39, 0.29) is 0 Å². The van der Waals surface area contributed by atoms with Gasteiger partial charge in [-0.2, -0.15) is 5.10 Å². The summed E-state index contributed by atoms with van der Waals surface area (Å²) in [5, 5.41) is 8.86. The summed E-state index contributed by atoms with van der Waals surface area (Å²) in [6, 6.07) is 11.4. The molecule has 0 radical (unpaired) electrons. The van der Waals surface area contributed by atoms with Crippen LogP contribution in [0, 0.1) is 13.8 Å². The lowest BCUT2D eigenvalue weighted by Crippen LogP contribution is -2.25.